The van der Waals surface area contributed by atoms with Crippen LogP contribution in [0, 0.1) is 0 Å². The number of thiophene rings is 4. The first kappa shape index (κ1) is 90.9. The molecule has 11 aromatic carbocycles. The number of hydrogen-bond donors (Lipinski definition) is 0. The van der Waals surface area contributed by atoms with Gasteiger partial charge in [0.15, 0.2) is 0 Å². The molecule has 4 aromatic heterocycles. The molecule has 18 rings (SSSR count). The van der Waals surface area contributed by atoms with Crippen LogP contribution in [0.3, 0.4) is 0 Å². The van der Waals surface area contributed by atoms with Crippen LogP contribution in [-0.2, 0) is 60.2 Å². The van der Waals surface area contributed by atoms with E-state index in [-0.39, 0.29) is 28.1 Å². The second-order valence-corrected chi connectivity index (χ2v) is 50.0. The van der Waals surface area contributed by atoms with Crippen LogP contribution < -0.4 is 24.8 Å². The van der Waals surface area contributed by atoms with Gasteiger partial charge in [-0.3, -0.25) is 9.59 Å². The predicted molar refractivity (Wildman–Crippen MR) is 571 cm³/mol. The lowest BCUT2D eigenvalue weighted by Gasteiger charge is -2.34. The second kappa shape index (κ2) is 37.1. The van der Waals surface area contributed by atoms with E-state index in [1.807, 2.05) is 105 Å². The molecule has 0 atom stereocenters. The molecule has 0 radical (unpaired) electrons. The van der Waals surface area contributed by atoms with E-state index < -0.39 is 5.41 Å². The monoisotopic (exact) mass is 1850 g/mol. The molecule has 0 aliphatic carbocycles. The Bertz CT molecular complexity index is 6920. The molecule has 0 saturated heterocycles. The van der Waals surface area contributed by atoms with E-state index >= 15 is 9.59 Å². The van der Waals surface area contributed by atoms with Gasteiger partial charge in [-0.25, -0.2) is 4.90 Å². The lowest BCUT2D eigenvalue weighted by atomic mass is 9.79. The largest absolute Gasteiger partial charge is 0.457 e. The van der Waals surface area contributed by atoms with Gasteiger partial charge >= 0.3 is 0 Å². The molecule has 3 aliphatic heterocycles. The van der Waals surface area contributed by atoms with Crippen molar-refractivity contribution in [3.8, 4) is 52.3 Å². The van der Waals surface area contributed by atoms with E-state index in [2.05, 4.69) is 301 Å². The number of imide groups is 1. The molecule has 0 fully saturated rings. The first-order valence-electron chi connectivity index (χ1n) is 46.9. The number of amides is 2. The minimum Gasteiger partial charge on any atom is -0.457 e. The number of carbonyl (C=O) groups is 2. The van der Waals surface area contributed by atoms with Crippen molar-refractivity contribution in [3.63, 3.8) is 0 Å². The summed E-state index contributed by atoms with van der Waals surface area (Å²) in [7, 11) is 0. The molecule has 0 N–H and O–H groups in total. The third-order valence-corrected chi connectivity index (χ3v) is 37.1. The van der Waals surface area contributed by atoms with Gasteiger partial charge < -0.3 is 9.47 Å². The number of fused-ring (bicyclic) bond motifs is 4. The SMILES string of the molecule is CCCCCCCCc1cc(CCc2ccc3c(=C4SC(C)=C(C)S4)c4ccccc4c(=C4SC(C)=C(C)S4)c3c2)sc1-c1ccc(-c2ccc(-c3sc(CCc4ccc5c6c(Oc7ccc(C(C)(C)C)cc7)cc7c8c(cc(Oc9ccc(C(C)(C)C)cc9)c(c9cccc4c95)c86)C(=O)N(c4cc(C(C)(C)C)ccc4C(C)(C)C)C7=O)cc3CCCCCCCC)s2)s1. The summed E-state index contributed by atoms with van der Waals surface area (Å²) < 4.78 is 17.5. The Morgan fingerprint density at radius 2 is 0.744 bits per heavy atom. The smallest absolute Gasteiger partial charge is 0.266 e. The molecule has 0 spiro atoms. The minimum atomic E-state index is -0.422. The van der Waals surface area contributed by atoms with E-state index in [1.54, 1.807) is 0 Å². The third-order valence-electron chi connectivity index (χ3n) is 26.7. The summed E-state index contributed by atoms with van der Waals surface area (Å²) in [6.45, 7) is 40.1. The number of nitrogens with zero attached hydrogens (tertiary/aromatic N) is 1. The van der Waals surface area contributed by atoms with Crippen molar-refractivity contribution in [1.82, 2.24) is 0 Å². The summed E-state index contributed by atoms with van der Waals surface area (Å²) in [5, 5.41) is 15.5. The number of rotatable bonds is 28. The van der Waals surface area contributed by atoms with Gasteiger partial charge in [0.05, 0.1) is 25.3 Å². The number of hydrogen-bond acceptors (Lipinski definition) is 12. The van der Waals surface area contributed by atoms with Crippen LogP contribution in [0.2, 0.25) is 0 Å². The summed E-state index contributed by atoms with van der Waals surface area (Å²) in [6.07, 6.45) is 21.1. The summed E-state index contributed by atoms with van der Waals surface area (Å²) in [6, 6.07) is 69.9. The predicted octanol–water partition coefficient (Wildman–Crippen LogP) is 35.8. The zero-order valence-electron chi connectivity index (χ0n) is 78.5. The topological polar surface area (TPSA) is 55.8 Å². The summed E-state index contributed by atoms with van der Waals surface area (Å²) in [4.78, 5) is 50.7. The number of allylic oxidation sites excluding steroid dienone is 4. The zero-order chi connectivity index (χ0) is 90.3. The van der Waals surface area contributed by atoms with E-state index in [4.69, 9.17) is 9.47 Å². The van der Waals surface area contributed by atoms with E-state index in [9.17, 15) is 0 Å². The molecule has 0 bridgehead atoms. The highest BCUT2D eigenvalue weighted by Crippen LogP contribution is 2.57. The Morgan fingerprint density at radius 3 is 1.23 bits per heavy atom. The van der Waals surface area contributed by atoms with Crippen molar-refractivity contribution < 1.29 is 19.1 Å². The first-order valence-corrected chi connectivity index (χ1v) is 53.5. The number of thioether (sulfide) groups is 4. The fraction of sp³-hybridized carbons (Fsp3) is 0.345. The van der Waals surface area contributed by atoms with Crippen LogP contribution in [0.25, 0.3) is 102 Å². The maximum absolute atomic E-state index is 16.2. The van der Waals surface area contributed by atoms with Crippen molar-refractivity contribution in [2.24, 2.45) is 0 Å². The molecule has 0 saturated carbocycles. The Morgan fingerprint density at radius 1 is 0.318 bits per heavy atom. The third kappa shape index (κ3) is 18.4. The molecule has 0 unspecified atom stereocenters. The first-order chi connectivity index (χ1) is 61.9. The highest BCUT2D eigenvalue weighted by Gasteiger charge is 2.41. The molecule has 3 aliphatic rings. The van der Waals surface area contributed by atoms with E-state index in [0.29, 0.717) is 45.2 Å². The molecule has 2 amide bonds. The number of benzene rings is 11. The van der Waals surface area contributed by atoms with Gasteiger partial charge in [0.1, 0.15) is 23.0 Å². The molecule has 662 valence electrons. The molecule has 129 heavy (non-hydrogen) atoms. The number of aryl methyl sites for hydroxylation is 6. The lowest BCUT2D eigenvalue weighted by Crippen LogP contribution is -2.42. The molecule has 13 heteroatoms. The summed E-state index contributed by atoms with van der Waals surface area (Å²) >= 11 is 15.8. The van der Waals surface area contributed by atoms with Crippen LogP contribution in [0.4, 0.5) is 5.69 Å². The van der Waals surface area contributed by atoms with Gasteiger partial charge in [-0.15, -0.1) is 45.3 Å². The summed E-state index contributed by atoms with van der Waals surface area (Å²) in [5.74, 6) is 1.60. The zero-order valence-corrected chi connectivity index (χ0v) is 85.0. The number of anilines is 1. The fourth-order valence-corrected chi connectivity index (χ4v) is 29.3. The van der Waals surface area contributed by atoms with Crippen LogP contribution in [0.5, 0.6) is 23.0 Å². The second-order valence-electron chi connectivity index (χ2n) is 40.2. The van der Waals surface area contributed by atoms with E-state index in [1.165, 1.54) is 214 Å². The quantitative estimate of drug-likeness (QED) is 0.0208. The van der Waals surface area contributed by atoms with Gasteiger partial charge in [0.25, 0.3) is 11.8 Å². The van der Waals surface area contributed by atoms with Crippen molar-refractivity contribution in [1.29, 1.82) is 0 Å². The van der Waals surface area contributed by atoms with Crippen molar-refractivity contribution in [2.75, 3.05) is 4.90 Å². The van der Waals surface area contributed by atoms with Crippen LogP contribution in [0.15, 0.2) is 208 Å². The normalized spacial score (nSPS) is 14.3. The Labute approximate surface area is 797 Å². The standard InChI is InChI=1S/C116H121NO4S8/c1-19-21-23-25-27-29-34-74-63-81(53-40-72-41-55-86-89(62-72)103(112-124-70(5)71(6)125-112)85-37-32-31-36-84(85)102(86)111-122-68(3)69(4)123-111)126-107(74)98-60-58-96(128-98)97-59-61-99(129-97)108-75(35-30-28-26-24-22-20-2)64-82(127-108)54-42-73-43-56-88-100-83(73)38-33-39-87(100)104-94(120-79-49-44-76(45-50-79)113(7,8)9)66-90-101-91(67-95(105(88)106(101)104)121-80-51-46-77(47-52-80)114(10,11)12)110(119)117(109(90)118)93-65-78(115(13,14)15)48-57-92(93)116(16,17)18/h31-33,36-39,41,43-52,55-67H,19-30,34-35,40,42,53-54H2,1-18H3. The van der Waals surface area contributed by atoms with Crippen molar-refractivity contribution >= 4 is 183 Å². The van der Waals surface area contributed by atoms with Crippen molar-refractivity contribution in [3.05, 3.63) is 284 Å². The molecular formula is C116H121NO4S8. The van der Waals surface area contributed by atoms with Gasteiger partial charge in [0.2, 0.25) is 0 Å². The number of carbonyl (C=O) groups excluding carboxylic acids is 2. The Balaban J connectivity index is 0.694. The highest BCUT2D eigenvalue weighted by molar-refractivity contribution is 8.36. The average molecular weight is 1850 g/mol. The highest BCUT2D eigenvalue weighted by atomic mass is 32.2. The average Bonchev–Trinajstić information content (AvgIpc) is 1.46. The van der Waals surface area contributed by atoms with Crippen LogP contribution in [-0.4, -0.2) is 11.8 Å². The van der Waals surface area contributed by atoms with Crippen LogP contribution in [0.1, 0.15) is 277 Å². The lowest BCUT2D eigenvalue weighted by molar-refractivity contribution is 0.0892. The molecule has 7 heterocycles. The minimum absolute atomic E-state index is 0.0883. The van der Waals surface area contributed by atoms with Gasteiger partial charge in [-0.2, -0.15) is 0 Å². The van der Waals surface area contributed by atoms with Gasteiger partial charge in [-0.1, -0.05) is 317 Å². The van der Waals surface area contributed by atoms with E-state index in [0.717, 1.165) is 87.4 Å². The van der Waals surface area contributed by atoms with Crippen LogP contribution >= 0.6 is 92.4 Å². The molecule has 15 aromatic rings. The Hall–Kier alpha value is -8.60. The maximum atomic E-state index is 16.2. The van der Waals surface area contributed by atoms with Crippen molar-refractivity contribution in [2.45, 2.75) is 262 Å². The Kier molecular flexibility index (Phi) is 26.1. The fourth-order valence-electron chi connectivity index (χ4n) is 19.2. The summed E-state index contributed by atoms with van der Waals surface area (Å²) in [5.41, 5.74) is 10.5. The number of unbranched alkanes of at least 4 members (excludes halogenated alkanes) is 10. The van der Waals surface area contributed by atoms with Gasteiger partial charge in [0, 0.05) is 71.0 Å². The molecular weight excluding hydrogens is 1730 g/mol. The molecule has 5 nitrogen and oxygen atoms in total. The number of ether oxygens (including phenoxy) is 2. The maximum Gasteiger partial charge on any atom is 0.266 e. The van der Waals surface area contributed by atoms with Gasteiger partial charge in [-0.05, 0) is 287 Å².